The van der Waals surface area contributed by atoms with Crippen molar-refractivity contribution >= 4 is 46.4 Å². The first-order valence-electron chi connectivity index (χ1n) is 16.9. The van der Waals surface area contributed by atoms with Crippen LogP contribution >= 0.6 is 0 Å². The number of unbranched alkanes of at least 4 members (excludes halogenated alkanes) is 1. The summed E-state index contributed by atoms with van der Waals surface area (Å²) in [6.45, 7) is 3.50. The number of H-pyrrole nitrogens is 1. The maximum absolute atomic E-state index is 12.7. The van der Waals surface area contributed by atoms with Crippen molar-refractivity contribution in [2.24, 2.45) is 10.8 Å². The van der Waals surface area contributed by atoms with Crippen molar-refractivity contribution < 1.29 is 23.9 Å². The van der Waals surface area contributed by atoms with Crippen LogP contribution in [0.5, 0.6) is 0 Å². The molecule has 2 aromatic heterocycles. The van der Waals surface area contributed by atoms with Crippen molar-refractivity contribution in [2.45, 2.75) is 64.1 Å². The fourth-order valence-corrected chi connectivity index (χ4v) is 4.76. The van der Waals surface area contributed by atoms with Gasteiger partial charge < -0.3 is 42.8 Å². The number of hydrogen-bond acceptors (Lipinski definition) is 13. The first-order chi connectivity index (χ1) is 25.1. The molecule has 280 valence electrons. The van der Waals surface area contributed by atoms with Crippen LogP contribution in [0.1, 0.15) is 61.5 Å². The third-order valence-corrected chi connectivity index (χ3v) is 7.50. The Kier molecular flexibility index (Phi) is 17.2. The number of nitrogens with two attached hydrogens (primary N) is 2. The van der Waals surface area contributed by atoms with E-state index < -0.39 is 11.6 Å². The van der Waals surface area contributed by atoms with Crippen molar-refractivity contribution in [1.82, 2.24) is 41.2 Å². The Bertz CT molecular complexity index is 1750. The highest BCUT2D eigenvalue weighted by atomic mass is 16.5. The number of aromatic nitrogens is 4. The van der Waals surface area contributed by atoms with E-state index in [0.717, 1.165) is 5.69 Å². The largest absolute Gasteiger partial charge is 0.379 e. The number of hydrogen-bond donors (Lipinski definition) is 8. The van der Waals surface area contributed by atoms with E-state index in [1.54, 1.807) is 24.3 Å². The minimum Gasteiger partial charge on any atom is -0.379 e. The van der Waals surface area contributed by atoms with Gasteiger partial charge in [-0.3, -0.25) is 29.0 Å². The second kappa shape index (κ2) is 22.1. The van der Waals surface area contributed by atoms with Crippen LogP contribution in [0.3, 0.4) is 0 Å². The molecule has 3 aromatic rings. The number of azide groups is 1. The maximum atomic E-state index is 12.7. The van der Waals surface area contributed by atoms with Gasteiger partial charge in [-0.2, -0.15) is 4.98 Å². The Hall–Kier alpha value is -5.85. The van der Waals surface area contributed by atoms with E-state index in [4.69, 9.17) is 21.7 Å². The summed E-state index contributed by atoms with van der Waals surface area (Å²) < 4.78 is 5.49. The van der Waals surface area contributed by atoms with Gasteiger partial charge in [-0.15, -0.1) is 0 Å². The van der Waals surface area contributed by atoms with E-state index in [-0.39, 0.29) is 99.0 Å². The summed E-state index contributed by atoms with van der Waals surface area (Å²) in [5.41, 5.74) is 20.9. The van der Waals surface area contributed by atoms with Gasteiger partial charge in [-0.25, -0.2) is 9.97 Å². The fourth-order valence-electron chi connectivity index (χ4n) is 4.76. The molecule has 0 saturated heterocycles. The number of amides is 4. The van der Waals surface area contributed by atoms with E-state index in [1.165, 1.54) is 6.20 Å². The summed E-state index contributed by atoms with van der Waals surface area (Å²) in [4.78, 5) is 79.1. The Morgan fingerprint density at radius 2 is 1.75 bits per heavy atom. The number of aromatic amines is 1. The summed E-state index contributed by atoms with van der Waals surface area (Å²) >= 11 is 0. The summed E-state index contributed by atoms with van der Waals surface area (Å²) in [6.07, 6.45) is 3.90. The van der Waals surface area contributed by atoms with Crippen molar-refractivity contribution in [3.05, 3.63) is 62.5 Å². The van der Waals surface area contributed by atoms with Crippen LogP contribution in [0.4, 0.5) is 11.6 Å². The van der Waals surface area contributed by atoms with Crippen molar-refractivity contribution in [3.63, 3.8) is 0 Å². The molecule has 0 aliphatic heterocycles. The van der Waals surface area contributed by atoms with Gasteiger partial charge in [-0.05, 0) is 68.9 Å². The molecule has 1 aromatic carbocycles. The Labute approximate surface area is 299 Å². The molecule has 0 radical (unpaired) electrons. The number of ether oxygens (including phenoxy) is 1. The molecule has 2 heterocycles. The van der Waals surface area contributed by atoms with E-state index >= 15 is 0 Å². The van der Waals surface area contributed by atoms with E-state index in [1.807, 2.05) is 6.92 Å². The maximum Gasteiger partial charge on any atom is 0.280 e. The highest BCUT2D eigenvalue weighted by Gasteiger charge is 2.20. The Balaban J connectivity index is 1.28. The number of carbonyl (C=O) groups is 4. The number of carbonyl (C=O) groups excluding carboxylic acids is 4. The number of rotatable bonds is 23. The van der Waals surface area contributed by atoms with Crippen LogP contribution in [0.25, 0.3) is 21.6 Å². The number of nitrogens with one attached hydrogen (secondary N) is 6. The molecule has 4 amide bonds. The third-order valence-electron chi connectivity index (χ3n) is 7.50. The predicted molar refractivity (Wildman–Crippen MR) is 193 cm³/mol. The van der Waals surface area contributed by atoms with Gasteiger partial charge in [0, 0.05) is 54.7 Å². The summed E-state index contributed by atoms with van der Waals surface area (Å²) in [6, 6.07) is 5.83. The van der Waals surface area contributed by atoms with Gasteiger partial charge in [0.1, 0.15) is 6.04 Å². The van der Waals surface area contributed by atoms with Gasteiger partial charge in [-0.1, -0.05) is 5.11 Å². The summed E-state index contributed by atoms with van der Waals surface area (Å²) in [5.74, 6) is -1.24. The second-order valence-electron chi connectivity index (χ2n) is 11.7. The van der Waals surface area contributed by atoms with E-state index in [0.29, 0.717) is 43.5 Å². The zero-order valence-corrected chi connectivity index (χ0v) is 29.0. The van der Waals surface area contributed by atoms with E-state index in [2.05, 4.69) is 56.5 Å². The van der Waals surface area contributed by atoms with Crippen LogP contribution in [0.2, 0.25) is 0 Å². The second-order valence-corrected chi connectivity index (χ2v) is 11.7. The van der Waals surface area contributed by atoms with Gasteiger partial charge >= 0.3 is 0 Å². The van der Waals surface area contributed by atoms with Gasteiger partial charge in [0.15, 0.2) is 11.2 Å². The zero-order valence-electron chi connectivity index (χ0n) is 29.0. The van der Waals surface area contributed by atoms with Gasteiger partial charge in [0.25, 0.3) is 11.5 Å². The first kappa shape index (κ1) is 40.6. The lowest BCUT2D eigenvalue weighted by Crippen LogP contribution is -2.47. The number of nitrogens with zero attached hydrogens (tertiary/aromatic N) is 6. The Morgan fingerprint density at radius 3 is 2.48 bits per heavy atom. The molecule has 0 aliphatic carbocycles. The topological polar surface area (TPSA) is 310 Å². The molecular formula is C32H46N14O6. The molecule has 2 atom stereocenters. The third kappa shape index (κ3) is 14.6. The average Bonchev–Trinajstić information content (AvgIpc) is 3.12. The molecular weight excluding hydrogens is 676 g/mol. The SMILES string of the molecule is C[C@H](CCC(=O)NCCOCCNC(=O)[C@H](CCCCN)NC(=O)CCN=[N+]=[N-])NC(=O)c1ccc(NCc2cnc3nc(N)[nH]c(=O)c3n2)cc1. The zero-order chi connectivity index (χ0) is 37.7. The standard InChI is InChI=1S/C32H46N14O6/c1-20(41-29(49)21-6-8-22(9-7-21)38-18-23-19-39-28-27(42-23)31(51)45-32(34)44-28)5-10-25(47)36-14-16-52-17-15-37-30(50)24(4-2-3-12-33)43-26(48)11-13-40-46-35/h6-9,19-20,24,38H,2-5,10-18,33H2,1H3,(H,36,47)(H,37,50)(H,41,49)(H,43,48)(H3,34,39,44,45,51)/t20-,24+/m1/s1. The molecule has 52 heavy (non-hydrogen) atoms. The van der Waals surface area contributed by atoms with Crippen LogP contribution in [0.15, 0.2) is 40.4 Å². The highest BCUT2D eigenvalue weighted by molar-refractivity contribution is 5.94. The number of anilines is 2. The van der Waals surface area contributed by atoms with Crippen molar-refractivity contribution in [1.29, 1.82) is 0 Å². The van der Waals surface area contributed by atoms with Crippen LogP contribution in [-0.4, -0.2) is 95.0 Å². The molecule has 3 rings (SSSR count). The quantitative estimate of drug-likeness (QED) is 0.0285. The smallest absolute Gasteiger partial charge is 0.280 e. The first-order valence-corrected chi connectivity index (χ1v) is 16.9. The lowest BCUT2D eigenvalue weighted by Gasteiger charge is -2.18. The molecule has 0 saturated carbocycles. The molecule has 20 nitrogen and oxygen atoms in total. The minimum atomic E-state index is -0.737. The van der Waals surface area contributed by atoms with Crippen molar-refractivity contribution in [2.75, 3.05) is 50.4 Å². The van der Waals surface area contributed by atoms with Gasteiger partial charge in [0.2, 0.25) is 23.7 Å². The number of fused-ring (bicyclic) bond motifs is 1. The summed E-state index contributed by atoms with van der Waals surface area (Å²) in [5, 5.41) is 17.5. The number of nitrogen functional groups attached to an aromatic ring is 1. The Morgan fingerprint density at radius 1 is 1.00 bits per heavy atom. The average molecular weight is 723 g/mol. The van der Waals surface area contributed by atoms with E-state index in [9.17, 15) is 24.0 Å². The number of benzene rings is 1. The van der Waals surface area contributed by atoms with Gasteiger partial charge in [0.05, 0.1) is 31.6 Å². The molecule has 20 heteroatoms. The lowest BCUT2D eigenvalue weighted by molar-refractivity contribution is -0.129. The van der Waals surface area contributed by atoms with Crippen molar-refractivity contribution in [3.8, 4) is 0 Å². The monoisotopic (exact) mass is 722 g/mol. The molecule has 10 N–H and O–H groups in total. The van der Waals surface area contributed by atoms with Crippen LogP contribution in [-0.2, 0) is 25.7 Å². The predicted octanol–water partition coefficient (Wildman–Crippen LogP) is 0.369. The minimum absolute atomic E-state index is 0.00340. The molecule has 0 fully saturated rings. The summed E-state index contributed by atoms with van der Waals surface area (Å²) in [7, 11) is 0. The lowest BCUT2D eigenvalue weighted by atomic mass is 10.1. The fraction of sp³-hybridized carbons (Fsp3) is 0.500. The molecule has 0 bridgehead atoms. The molecule has 0 aliphatic rings. The normalized spacial score (nSPS) is 11.9. The molecule has 0 unspecified atom stereocenters. The van der Waals surface area contributed by atoms with Crippen LogP contribution < -0.4 is 43.6 Å². The van der Waals surface area contributed by atoms with Crippen LogP contribution in [0, 0.1) is 0 Å². The highest BCUT2D eigenvalue weighted by Crippen LogP contribution is 2.12. The molecule has 0 spiro atoms.